The van der Waals surface area contributed by atoms with Gasteiger partial charge in [0.1, 0.15) is 5.60 Å². The van der Waals surface area contributed by atoms with E-state index in [4.69, 9.17) is 4.74 Å². The second-order valence-electron chi connectivity index (χ2n) is 7.01. The van der Waals surface area contributed by atoms with Gasteiger partial charge in [0.05, 0.1) is 5.54 Å². The number of pyridine rings is 1. The van der Waals surface area contributed by atoms with Crippen LogP contribution in [0.4, 0.5) is 4.79 Å². The van der Waals surface area contributed by atoms with Gasteiger partial charge in [-0.1, -0.05) is 6.07 Å². The van der Waals surface area contributed by atoms with Gasteiger partial charge in [-0.05, 0) is 58.8 Å². The maximum absolute atomic E-state index is 12.5. The zero-order valence-corrected chi connectivity index (χ0v) is 14.1. The fraction of sp³-hybridized carbons (Fsp3) is 0.647. The number of rotatable bonds is 3. The molecule has 0 spiro atoms. The molecule has 1 N–H and O–H groups in total. The molecule has 2 rings (SSSR count). The number of aromatic nitrogens is 1. The number of likely N-dealkylation sites (N-methyl/N-ethyl adjacent to an activating group) is 1. The number of hydrogen-bond acceptors (Lipinski definition) is 4. The molecule has 5 heteroatoms. The van der Waals surface area contributed by atoms with E-state index < -0.39 is 5.60 Å². The third-order valence-corrected chi connectivity index (χ3v) is 4.15. The average Bonchev–Trinajstić information content (AvgIpc) is 2.46. The van der Waals surface area contributed by atoms with E-state index in [1.54, 1.807) is 11.1 Å². The molecule has 5 nitrogen and oxygen atoms in total. The molecule has 1 aromatic rings. The maximum atomic E-state index is 12.5. The van der Waals surface area contributed by atoms with Crippen LogP contribution in [-0.4, -0.2) is 47.3 Å². The van der Waals surface area contributed by atoms with Crippen molar-refractivity contribution in [2.24, 2.45) is 0 Å². The Morgan fingerprint density at radius 2 is 2.05 bits per heavy atom. The van der Waals surface area contributed by atoms with E-state index in [9.17, 15) is 4.79 Å². The van der Waals surface area contributed by atoms with Gasteiger partial charge in [0, 0.05) is 25.4 Å². The fourth-order valence-electron chi connectivity index (χ4n) is 2.89. The Balaban J connectivity index is 2.19. The van der Waals surface area contributed by atoms with E-state index in [-0.39, 0.29) is 11.6 Å². The zero-order valence-electron chi connectivity index (χ0n) is 14.1. The van der Waals surface area contributed by atoms with Gasteiger partial charge < -0.3 is 15.0 Å². The molecular weight excluding hydrogens is 278 g/mol. The van der Waals surface area contributed by atoms with E-state index in [1.807, 2.05) is 46.0 Å². The molecule has 122 valence electrons. The number of hydrogen-bond donors (Lipinski definition) is 1. The normalized spacial score (nSPS) is 17.8. The Morgan fingerprint density at radius 1 is 1.36 bits per heavy atom. The predicted molar refractivity (Wildman–Crippen MR) is 86.8 cm³/mol. The first kappa shape index (κ1) is 16.7. The van der Waals surface area contributed by atoms with Crippen LogP contribution in [0.15, 0.2) is 24.4 Å². The highest BCUT2D eigenvalue weighted by atomic mass is 16.6. The molecule has 0 saturated carbocycles. The molecular formula is C17H27N3O2. The summed E-state index contributed by atoms with van der Waals surface area (Å²) in [6.45, 7) is 7.49. The minimum absolute atomic E-state index is 0.234. The van der Waals surface area contributed by atoms with Crippen molar-refractivity contribution in [3.8, 4) is 0 Å². The van der Waals surface area contributed by atoms with Gasteiger partial charge in [-0.15, -0.1) is 0 Å². The summed E-state index contributed by atoms with van der Waals surface area (Å²) < 4.78 is 5.56. The summed E-state index contributed by atoms with van der Waals surface area (Å²) in [5, 5.41) is 3.37. The molecule has 2 heterocycles. The standard InChI is InChI=1S/C17H27N3O2/c1-16(2,3)22-15(21)20(4)17(8-11-18-12-9-17)13-14-7-5-6-10-19-14/h5-7,10,18H,8-9,11-13H2,1-4H3. The van der Waals surface area contributed by atoms with E-state index in [2.05, 4.69) is 10.3 Å². The number of nitrogens with one attached hydrogen (secondary N) is 1. The van der Waals surface area contributed by atoms with Crippen LogP contribution in [0.3, 0.4) is 0 Å². The second kappa shape index (κ2) is 6.65. The molecule has 1 amide bonds. The van der Waals surface area contributed by atoms with Crippen LogP contribution in [0, 0.1) is 0 Å². The first-order valence-electron chi connectivity index (χ1n) is 7.90. The fourth-order valence-corrected chi connectivity index (χ4v) is 2.89. The van der Waals surface area contributed by atoms with Crippen LogP contribution in [0.1, 0.15) is 39.3 Å². The van der Waals surface area contributed by atoms with Crippen molar-refractivity contribution in [1.29, 1.82) is 0 Å². The summed E-state index contributed by atoms with van der Waals surface area (Å²) in [7, 11) is 1.85. The summed E-state index contributed by atoms with van der Waals surface area (Å²) in [6.07, 6.45) is 4.10. The van der Waals surface area contributed by atoms with Crippen LogP contribution in [-0.2, 0) is 11.2 Å². The number of carbonyl (C=O) groups is 1. The summed E-state index contributed by atoms with van der Waals surface area (Å²) >= 11 is 0. The lowest BCUT2D eigenvalue weighted by atomic mass is 9.82. The summed E-state index contributed by atoms with van der Waals surface area (Å²) in [5.74, 6) is 0. The van der Waals surface area contributed by atoms with Gasteiger partial charge in [0.2, 0.25) is 0 Å². The Hall–Kier alpha value is -1.62. The van der Waals surface area contributed by atoms with Crippen LogP contribution in [0.25, 0.3) is 0 Å². The van der Waals surface area contributed by atoms with E-state index in [1.165, 1.54) is 0 Å². The van der Waals surface area contributed by atoms with Crippen molar-refractivity contribution in [2.45, 2.75) is 51.2 Å². The molecule has 0 unspecified atom stereocenters. The Labute approximate surface area is 133 Å². The predicted octanol–water partition coefficient (Wildman–Crippen LogP) is 2.61. The highest BCUT2D eigenvalue weighted by molar-refractivity contribution is 5.69. The van der Waals surface area contributed by atoms with Crippen LogP contribution >= 0.6 is 0 Å². The molecule has 1 aliphatic rings. The van der Waals surface area contributed by atoms with Gasteiger partial charge in [-0.25, -0.2) is 4.79 Å². The number of piperidine rings is 1. The Kier molecular flexibility index (Phi) is 5.06. The zero-order chi connectivity index (χ0) is 16.2. The van der Waals surface area contributed by atoms with Crippen LogP contribution in [0.2, 0.25) is 0 Å². The lowest BCUT2D eigenvalue weighted by molar-refractivity contribution is -0.00239. The van der Waals surface area contributed by atoms with Gasteiger partial charge in [-0.2, -0.15) is 0 Å². The SMILES string of the molecule is CN(C(=O)OC(C)(C)C)C1(Cc2ccccn2)CCNCC1. The molecule has 0 bridgehead atoms. The van der Waals surface area contributed by atoms with E-state index in [0.29, 0.717) is 0 Å². The molecule has 22 heavy (non-hydrogen) atoms. The highest BCUT2D eigenvalue weighted by Crippen LogP contribution is 2.30. The van der Waals surface area contributed by atoms with Crippen molar-refractivity contribution < 1.29 is 9.53 Å². The lowest BCUT2D eigenvalue weighted by Gasteiger charge is -2.44. The third-order valence-electron chi connectivity index (χ3n) is 4.15. The number of amides is 1. The van der Waals surface area contributed by atoms with Crippen molar-refractivity contribution in [2.75, 3.05) is 20.1 Å². The molecule has 0 atom stereocenters. The van der Waals surface area contributed by atoms with Crippen LogP contribution in [0.5, 0.6) is 0 Å². The molecule has 0 aliphatic carbocycles. The van der Waals surface area contributed by atoms with Crippen LogP contribution < -0.4 is 5.32 Å². The smallest absolute Gasteiger partial charge is 0.410 e. The van der Waals surface area contributed by atoms with Gasteiger partial charge in [0.25, 0.3) is 0 Å². The molecule has 1 fully saturated rings. The summed E-state index contributed by atoms with van der Waals surface area (Å²) in [6, 6.07) is 5.92. The first-order chi connectivity index (χ1) is 10.3. The summed E-state index contributed by atoms with van der Waals surface area (Å²) in [4.78, 5) is 18.7. The van der Waals surface area contributed by atoms with Crippen molar-refractivity contribution in [3.63, 3.8) is 0 Å². The molecule has 1 aromatic heterocycles. The van der Waals surface area contributed by atoms with Gasteiger partial charge in [0.15, 0.2) is 0 Å². The monoisotopic (exact) mass is 305 g/mol. The first-order valence-corrected chi connectivity index (χ1v) is 7.90. The second-order valence-corrected chi connectivity index (χ2v) is 7.01. The average molecular weight is 305 g/mol. The molecule has 0 radical (unpaired) electrons. The topological polar surface area (TPSA) is 54.5 Å². The summed E-state index contributed by atoms with van der Waals surface area (Å²) in [5.41, 5.74) is 0.298. The van der Waals surface area contributed by atoms with Crippen molar-refractivity contribution in [3.05, 3.63) is 30.1 Å². The molecule has 1 saturated heterocycles. The lowest BCUT2D eigenvalue weighted by Crippen LogP contribution is -2.57. The molecule has 0 aromatic carbocycles. The Bertz CT molecular complexity index is 490. The number of carbonyl (C=O) groups excluding carboxylic acids is 1. The van der Waals surface area contributed by atoms with E-state index in [0.717, 1.165) is 38.0 Å². The number of ether oxygens (including phenoxy) is 1. The Morgan fingerprint density at radius 3 is 2.59 bits per heavy atom. The quantitative estimate of drug-likeness (QED) is 0.932. The third kappa shape index (κ3) is 4.19. The van der Waals surface area contributed by atoms with Gasteiger partial charge >= 0.3 is 6.09 Å². The van der Waals surface area contributed by atoms with Crippen molar-refractivity contribution >= 4 is 6.09 Å². The minimum Gasteiger partial charge on any atom is -0.444 e. The highest BCUT2D eigenvalue weighted by Gasteiger charge is 2.40. The largest absolute Gasteiger partial charge is 0.444 e. The van der Waals surface area contributed by atoms with Gasteiger partial charge in [-0.3, -0.25) is 4.98 Å². The maximum Gasteiger partial charge on any atom is 0.410 e. The number of nitrogens with zero attached hydrogens (tertiary/aromatic N) is 2. The van der Waals surface area contributed by atoms with E-state index >= 15 is 0 Å². The molecule has 1 aliphatic heterocycles. The minimum atomic E-state index is -0.482. The van der Waals surface area contributed by atoms with Crippen molar-refractivity contribution in [1.82, 2.24) is 15.2 Å².